The van der Waals surface area contributed by atoms with E-state index in [-0.39, 0.29) is 28.8 Å². The summed E-state index contributed by atoms with van der Waals surface area (Å²) < 4.78 is 45.0. The topological polar surface area (TPSA) is 105 Å². The fraction of sp³-hybridized carbons (Fsp3) is 0.250. The van der Waals surface area contributed by atoms with E-state index in [1.54, 1.807) is 24.3 Å². The van der Waals surface area contributed by atoms with Crippen LogP contribution in [-0.2, 0) is 22.3 Å². The van der Waals surface area contributed by atoms with Gasteiger partial charge in [0.1, 0.15) is 11.2 Å². The summed E-state index contributed by atoms with van der Waals surface area (Å²) in [4.78, 5) is 33.3. The van der Waals surface area contributed by atoms with Crippen LogP contribution >= 0.6 is 0 Å². The second-order valence-corrected chi connectivity index (χ2v) is 7.98. The van der Waals surface area contributed by atoms with Gasteiger partial charge in [-0.2, -0.15) is 13.2 Å². The van der Waals surface area contributed by atoms with Gasteiger partial charge in [0, 0.05) is 41.9 Å². The summed E-state index contributed by atoms with van der Waals surface area (Å²) in [6.07, 6.45) is -0.0527. The van der Waals surface area contributed by atoms with Crippen LogP contribution in [0.1, 0.15) is 32.3 Å². The number of anilines is 2. The van der Waals surface area contributed by atoms with Crippen LogP contribution < -0.4 is 16.0 Å². The summed E-state index contributed by atoms with van der Waals surface area (Å²) in [5.41, 5.74) is -0.776. The Labute approximate surface area is 203 Å². The van der Waals surface area contributed by atoms with Gasteiger partial charge in [-0.05, 0) is 29.8 Å². The molecule has 0 aliphatic carbocycles. The number of carbonyl (C=O) groups excluding carboxylic acids is 2. The van der Waals surface area contributed by atoms with Gasteiger partial charge in [0.2, 0.25) is 5.91 Å². The SMILES string of the molecule is O=C(N[C@@]1(C(=O)NCc2ccc(Nc3ccccc3C(F)(F)F)cc2)CCOC1)c1cnccn1.[HH].[HH].[HH]. The Kier molecular flexibility index (Phi) is 6.97. The zero-order chi connectivity index (χ0) is 24.9. The third-order valence-electron chi connectivity index (χ3n) is 5.52. The number of carbonyl (C=O) groups is 2. The standard InChI is InChI=1S/C24H22F3N5O3.3H2/c25-24(26,27)18-3-1-2-4-19(18)31-17-7-5-16(6-8-17)13-30-22(34)23(9-12-35-15-23)32-21(33)20-14-28-10-11-29-20;;;/h1-8,10-11,14,31H,9,12-13,15H2,(H,30,34)(H,32,33);3*1H/t23-;;;/m0.../s1. The highest BCUT2D eigenvalue weighted by atomic mass is 19.4. The van der Waals surface area contributed by atoms with Crippen LogP contribution in [0.4, 0.5) is 24.5 Å². The molecule has 1 aromatic heterocycles. The smallest absolute Gasteiger partial charge is 0.378 e. The molecule has 2 amide bonds. The van der Waals surface area contributed by atoms with Gasteiger partial charge in [0.25, 0.3) is 5.91 Å². The van der Waals surface area contributed by atoms with Crippen molar-refractivity contribution in [3.63, 3.8) is 0 Å². The predicted octanol–water partition coefficient (Wildman–Crippen LogP) is 4.18. The zero-order valence-electron chi connectivity index (χ0n) is 18.4. The van der Waals surface area contributed by atoms with Crippen LogP contribution in [0, 0.1) is 0 Å². The van der Waals surface area contributed by atoms with Crippen molar-refractivity contribution >= 4 is 23.2 Å². The Balaban J connectivity index is 0.00000241. The molecule has 1 aliphatic heterocycles. The Bertz CT molecular complexity index is 1200. The largest absolute Gasteiger partial charge is 0.418 e. The number of amides is 2. The molecule has 2 heterocycles. The highest BCUT2D eigenvalue weighted by Gasteiger charge is 2.44. The number of nitrogens with zero attached hydrogens (tertiary/aromatic N) is 2. The van der Waals surface area contributed by atoms with Gasteiger partial charge < -0.3 is 20.7 Å². The maximum Gasteiger partial charge on any atom is 0.418 e. The highest BCUT2D eigenvalue weighted by Crippen LogP contribution is 2.35. The van der Waals surface area contributed by atoms with E-state index in [2.05, 4.69) is 25.9 Å². The van der Waals surface area contributed by atoms with Gasteiger partial charge >= 0.3 is 6.18 Å². The van der Waals surface area contributed by atoms with Crippen LogP contribution in [0.5, 0.6) is 0 Å². The minimum atomic E-state index is -4.48. The minimum Gasteiger partial charge on any atom is -0.378 e. The summed E-state index contributed by atoms with van der Waals surface area (Å²) in [6.45, 7) is 0.487. The van der Waals surface area contributed by atoms with Crippen LogP contribution in [0.15, 0.2) is 67.1 Å². The number of hydrogen-bond donors (Lipinski definition) is 3. The molecule has 2 aromatic carbocycles. The molecule has 0 saturated carbocycles. The van der Waals surface area contributed by atoms with E-state index in [9.17, 15) is 22.8 Å². The number of alkyl halides is 3. The molecule has 1 atom stereocenters. The van der Waals surface area contributed by atoms with Gasteiger partial charge in [0.15, 0.2) is 0 Å². The van der Waals surface area contributed by atoms with Crippen molar-refractivity contribution in [1.29, 1.82) is 0 Å². The lowest BCUT2D eigenvalue weighted by Gasteiger charge is -2.27. The first-order valence-corrected chi connectivity index (χ1v) is 10.7. The number of benzene rings is 2. The van der Waals surface area contributed by atoms with Crippen molar-refractivity contribution in [1.82, 2.24) is 20.6 Å². The molecule has 11 heteroatoms. The molecular formula is C24H28F3N5O3. The fourth-order valence-electron chi connectivity index (χ4n) is 3.65. The van der Waals surface area contributed by atoms with Gasteiger partial charge in [-0.3, -0.25) is 14.6 Å². The predicted molar refractivity (Wildman–Crippen MR) is 127 cm³/mol. The van der Waals surface area contributed by atoms with Gasteiger partial charge in [-0.1, -0.05) is 24.3 Å². The normalized spacial score (nSPS) is 17.6. The summed E-state index contributed by atoms with van der Waals surface area (Å²) in [6, 6.07) is 11.8. The van der Waals surface area contributed by atoms with E-state index >= 15 is 0 Å². The average Bonchev–Trinajstić information content (AvgIpc) is 3.33. The van der Waals surface area contributed by atoms with Crippen LogP contribution in [0.2, 0.25) is 0 Å². The molecule has 188 valence electrons. The highest BCUT2D eigenvalue weighted by molar-refractivity contribution is 5.98. The van der Waals surface area contributed by atoms with Crippen LogP contribution in [-0.4, -0.2) is 40.5 Å². The first-order chi connectivity index (χ1) is 16.8. The number of rotatable bonds is 7. The molecule has 0 radical (unpaired) electrons. The van der Waals surface area contributed by atoms with E-state index < -0.39 is 29.1 Å². The van der Waals surface area contributed by atoms with Crippen molar-refractivity contribution in [2.75, 3.05) is 18.5 Å². The van der Waals surface area contributed by atoms with E-state index in [1.807, 2.05) is 0 Å². The number of halogens is 3. The molecule has 4 rings (SSSR count). The molecular weight excluding hydrogens is 463 g/mol. The molecule has 1 fully saturated rings. The lowest BCUT2D eigenvalue weighted by Crippen LogP contribution is -2.59. The molecule has 1 saturated heterocycles. The van der Waals surface area contributed by atoms with Crippen molar-refractivity contribution < 1.29 is 31.8 Å². The summed E-state index contributed by atoms with van der Waals surface area (Å²) >= 11 is 0. The Morgan fingerprint density at radius 1 is 1.09 bits per heavy atom. The minimum absolute atomic E-state index is 0. The van der Waals surface area contributed by atoms with Crippen molar-refractivity contribution in [2.45, 2.75) is 24.7 Å². The Morgan fingerprint density at radius 2 is 1.86 bits per heavy atom. The lowest BCUT2D eigenvalue weighted by atomic mass is 9.97. The lowest BCUT2D eigenvalue weighted by molar-refractivity contribution is -0.137. The number of hydrogen-bond acceptors (Lipinski definition) is 6. The van der Waals surface area contributed by atoms with E-state index in [1.165, 1.54) is 36.8 Å². The second kappa shape index (κ2) is 10.1. The fourth-order valence-corrected chi connectivity index (χ4v) is 3.65. The molecule has 3 N–H and O–H groups in total. The van der Waals surface area contributed by atoms with Crippen molar-refractivity contribution in [2.24, 2.45) is 0 Å². The number of nitrogens with one attached hydrogen (secondary N) is 3. The molecule has 0 unspecified atom stereocenters. The number of ether oxygens (including phenoxy) is 1. The zero-order valence-corrected chi connectivity index (χ0v) is 18.4. The molecule has 0 bridgehead atoms. The van der Waals surface area contributed by atoms with Crippen LogP contribution in [0.3, 0.4) is 0 Å². The second-order valence-electron chi connectivity index (χ2n) is 7.98. The summed E-state index contributed by atoms with van der Waals surface area (Å²) in [7, 11) is 0. The van der Waals surface area contributed by atoms with E-state index in [0.29, 0.717) is 18.7 Å². The van der Waals surface area contributed by atoms with Crippen molar-refractivity contribution in [3.8, 4) is 0 Å². The molecule has 0 spiro atoms. The van der Waals surface area contributed by atoms with E-state index in [0.717, 1.165) is 11.6 Å². The molecule has 35 heavy (non-hydrogen) atoms. The van der Waals surface area contributed by atoms with Gasteiger partial charge in [-0.15, -0.1) is 0 Å². The Morgan fingerprint density at radius 3 is 2.51 bits per heavy atom. The van der Waals surface area contributed by atoms with Gasteiger partial charge in [-0.25, -0.2) is 4.98 Å². The summed E-state index contributed by atoms with van der Waals surface area (Å²) in [5, 5.41) is 8.29. The first kappa shape index (κ1) is 24.1. The quantitative estimate of drug-likeness (QED) is 0.458. The first-order valence-electron chi connectivity index (χ1n) is 10.7. The summed E-state index contributed by atoms with van der Waals surface area (Å²) in [5.74, 6) is -0.943. The molecule has 3 aromatic rings. The molecule has 8 nitrogen and oxygen atoms in total. The molecule has 1 aliphatic rings. The van der Waals surface area contributed by atoms with Gasteiger partial charge in [0.05, 0.1) is 24.1 Å². The number of para-hydroxylation sites is 1. The number of aromatic nitrogens is 2. The maximum absolute atomic E-state index is 13.2. The third-order valence-corrected chi connectivity index (χ3v) is 5.52. The van der Waals surface area contributed by atoms with Crippen LogP contribution in [0.25, 0.3) is 0 Å². The maximum atomic E-state index is 13.2. The Hall–Kier alpha value is -3.99. The monoisotopic (exact) mass is 491 g/mol. The average molecular weight is 492 g/mol. The van der Waals surface area contributed by atoms with Crippen molar-refractivity contribution in [3.05, 3.63) is 83.9 Å². The third kappa shape index (κ3) is 5.75. The van der Waals surface area contributed by atoms with E-state index in [4.69, 9.17) is 4.74 Å².